The number of hydrogen-bond acceptors (Lipinski definition) is 12. The molecule has 0 saturated carbocycles. The Kier molecular flexibility index (Phi) is 29.0. The van der Waals surface area contributed by atoms with Gasteiger partial charge in [-0.25, -0.2) is 5.57 Å². The molecule has 0 saturated heterocycles. The molecular weight excluding hydrogens is 2490 g/mol. The minimum atomic E-state index is -2.47. The molecule has 1 atom stereocenters. The SMILES string of the molecule is Cc1ccc(-c2[c-]cccc2)nc1.[2H]C([2H])([2H])C1=CC=C(c2cc(C)ccn2)[CH-]C1.[2H]C([2H])([2H])c1c[c-]c(C2=NC=CCC2)cc1.[2H]C([2H])[2H].[2H]C([2H])[2H].[2H]C([2H])[2H].[2H]c1c(C([2H])([2H])[2H])cnc(-c2[c-]cc3c(c2)sc2ccccc23)c1[2H].[2H]c1c(C([2H])([2H])[2H])cnc(-c2[c-]cc3c(c2)sc2ccccc23)c1[2H].[2H]c1c(C([2H])([2H])[2H])cnc(-c2[c-]cc3c(c2)sc2ccccc23)c1[2H].[2H]c1c(C([2H])([2H])[2H])cnc(C(=[CH-])CC2Sc3ccccc3C2=C)c1[2H].[Ir].[Ir].[Ir].[Ir].[c-]1ccccc1.c1ccncc1. The van der Waals surface area contributed by atoms with Gasteiger partial charge in [0.15, 0.2) is 0 Å². The molecule has 2 aliphatic heterocycles. The first-order valence-corrected chi connectivity index (χ1v) is 45.0. The maximum Gasteiger partial charge on any atom is 0.0618 e. The predicted octanol–water partition coefficient (Wildman–Crippen LogP) is 34.0. The van der Waals surface area contributed by atoms with Gasteiger partial charge in [-0.15, -0.1) is 166 Å². The third-order valence-electron chi connectivity index (χ3n) is 20.1. The van der Waals surface area contributed by atoms with Gasteiger partial charge in [-0.1, -0.05) is 220 Å². The quantitative estimate of drug-likeness (QED) is 0.132. The van der Waals surface area contributed by atoms with Crippen LogP contribution < -0.4 is 0 Å². The van der Waals surface area contributed by atoms with E-state index in [1.807, 2.05) is 227 Å². The van der Waals surface area contributed by atoms with Crippen molar-refractivity contribution < 1.29 is 128 Å². The summed E-state index contributed by atoms with van der Waals surface area (Å²) in [5.41, 5.74) is 13.3. The molecule has 23 rings (SSSR count). The molecule has 4 radical (unpaired) electrons. The summed E-state index contributed by atoms with van der Waals surface area (Å²) in [5.74, 6) is 0. The van der Waals surface area contributed by atoms with E-state index in [2.05, 4.69) is 125 Å². The number of thioether (sulfide) groups is 1. The van der Waals surface area contributed by atoms with Crippen LogP contribution in [0.2, 0.25) is 0 Å². The van der Waals surface area contributed by atoms with E-state index in [9.17, 15) is 0 Å². The predicted molar refractivity (Wildman–Crippen MR) is 582 cm³/mol. The smallest absolute Gasteiger partial charge is 0.0618 e. The fourth-order valence-electron chi connectivity index (χ4n) is 13.5. The normalized spacial score (nSPS) is 16.1. The Hall–Kier alpha value is -11.9. The topological polar surface area (TPSA) is 103 Å². The number of nitrogens with zero attached hydrogens (tertiary/aromatic N) is 8. The van der Waals surface area contributed by atoms with Gasteiger partial charge >= 0.3 is 0 Å². The maximum atomic E-state index is 8.15. The number of pyridine rings is 7. The number of rotatable bonds is 9. The van der Waals surface area contributed by atoms with E-state index in [0.717, 1.165) is 121 Å². The molecule has 10 aromatic heterocycles. The molecule has 12 heterocycles. The largest absolute Gasteiger partial charge is 0.351 e. The zero-order valence-corrected chi connectivity index (χ0v) is 87.5. The summed E-state index contributed by atoms with van der Waals surface area (Å²) in [7, 11) is -4.25. The van der Waals surface area contributed by atoms with Crippen LogP contribution in [0, 0.1) is 97.5 Å². The van der Waals surface area contributed by atoms with Crippen molar-refractivity contribution in [1.29, 1.82) is 0 Å². The Bertz CT molecular complexity index is 8380. The van der Waals surface area contributed by atoms with Crippen LogP contribution in [0.5, 0.6) is 0 Å². The monoisotopic (exact) mass is 2630 g/mol. The zero-order chi connectivity index (χ0) is 124. The van der Waals surface area contributed by atoms with Crippen LogP contribution in [-0.4, -0.2) is 45.8 Å². The van der Waals surface area contributed by atoms with Gasteiger partial charge in [-0.2, -0.15) is 88.5 Å². The van der Waals surface area contributed by atoms with E-state index in [4.69, 9.17) is 54.6 Å². The van der Waals surface area contributed by atoms with Crippen molar-refractivity contribution in [2.24, 2.45) is 4.99 Å². The van der Waals surface area contributed by atoms with E-state index in [-0.39, 0.29) is 179 Å². The molecule has 10 aromatic carbocycles. The van der Waals surface area contributed by atoms with Gasteiger partial charge in [-0.05, 0) is 213 Å². The number of aromatic nitrogens is 7. The molecule has 8 nitrogen and oxygen atoms in total. The Balaban J connectivity index is 0.000000237. The van der Waals surface area contributed by atoms with Crippen molar-refractivity contribution in [1.82, 2.24) is 34.9 Å². The minimum Gasteiger partial charge on any atom is -0.351 e. The molecule has 1 unspecified atom stereocenters. The minimum absolute atomic E-state index is 0. The number of hydrogen-bond donors (Lipinski definition) is 0. The van der Waals surface area contributed by atoms with Crippen LogP contribution in [0.25, 0.3) is 122 Å². The fourth-order valence-corrected chi connectivity index (χ4v) is 18.2. The fraction of sp³-hybridized carbons (Fsp3) is 0.130. The molecule has 0 amide bonds. The summed E-state index contributed by atoms with van der Waals surface area (Å²) in [5, 5.41) is 6.76. The van der Waals surface area contributed by atoms with E-state index in [1.54, 1.807) is 88.8 Å². The van der Waals surface area contributed by atoms with Crippen LogP contribution in [0.4, 0.5) is 0 Å². The van der Waals surface area contributed by atoms with Crippen molar-refractivity contribution in [2.45, 2.75) is 113 Å². The summed E-state index contributed by atoms with van der Waals surface area (Å²) in [6, 6.07) is 96.0. The standard InChI is InChI=1S/3C18H12NS.C18H16NS.C13H14N.C12H12N.C12H10N.C6H5.C5H5N.3CH4.4Ir/c3*1-12-6-9-16(19-11-12)13-7-8-15-14-4-2-3-5-17(14)20-18(15)10-13;1-12-8-9-16(19-11-12)13(2)10-18-14(3)15-6-4-5-7-17(15)20-18;1-10-3-5-12(6-4-10)13-9-11(2)7-8-14-13;1-10-5-7-11(8-6-10)12-4-2-3-9-13-12;1-10-7-8-12(13-9-10)11-5-3-2-4-6-11;2*1-2-4-6-5-3-1;;;;;;;/h3*2-6,8-11H,1H3;2,4-9,11,18H,3,10H2,1H3;3,5-9H,4H2,1-2H3;3,5-7,9H,2,4H2,1H3;2-5,7-9H,1H3;2*1-5H;3*1H4;;;;/q8*-1;;;;;;;;/i3*1D3,6D,9D;1D3,8D,9D;2*1D3;;;;3*1D3;;;;. The zero-order valence-electron chi connectivity index (χ0n) is 110. The molecule has 16 heteroatoms. The Morgan fingerprint density at radius 3 is 1.37 bits per heavy atom. The first-order chi connectivity index (χ1) is 80.4. The first kappa shape index (κ1) is 70.7. The molecular formula is C123H110Ir4N8S4-8. The van der Waals surface area contributed by atoms with Gasteiger partial charge in [0.05, 0.1) is 9.60 Å². The van der Waals surface area contributed by atoms with Crippen LogP contribution in [0.3, 0.4) is 0 Å². The molecule has 0 spiro atoms. The summed E-state index contributed by atoms with van der Waals surface area (Å²) in [6.07, 6.45) is 23.8. The van der Waals surface area contributed by atoms with Crippen LogP contribution >= 0.6 is 45.8 Å². The summed E-state index contributed by atoms with van der Waals surface area (Å²) in [4.78, 5) is 34.3. The van der Waals surface area contributed by atoms with Crippen LogP contribution in [0.15, 0.2) is 393 Å². The number of fused-ring (bicyclic) bond motifs is 10. The third-order valence-corrected chi connectivity index (χ3v) is 24.9. The van der Waals surface area contributed by atoms with Crippen LogP contribution in [0.1, 0.15) is 164 Å². The molecule has 0 fully saturated rings. The van der Waals surface area contributed by atoms with E-state index < -0.39 is 63.2 Å². The van der Waals surface area contributed by atoms with Crippen molar-refractivity contribution in [3.63, 3.8) is 0 Å². The first-order valence-electron chi connectivity index (χ1n) is 59.9. The average molecular weight is 2630 g/mol. The molecule has 3 aliphatic rings. The van der Waals surface area contributed by atoms with Gasteiger partial charge < -0.3 is 34.9 Å². The second kappa shape index (κ2) is 57.0. The number of aliphatic imine (C=N–C) groups is 1. The van der Waals surface area contributed by atoms with Crippen molar-refractivity contribution >= 4 is 129 Å². The van der Waals surface area contributed by atoms with Gasteiger partial charge in [-0.3, -0.25) is 11.6 Å². The molecule has 1 aliphatic carbocycles. The summed E-state index contributed by atoms with van der Waals surface area (Å²) in [6.45, 7) is 0.495. The summed E-state index contributed by atoms with van der Waals surface area (Å²) < 4.78 is 257. The number of allylic oxidation sites excluding steroid dienone is 6. The van der Waals surface area contributed by atoms with Gasteiger partial charge in [0.25, 0.3) is 0 Å². The third kappa shape index (κ3) is 31.8. The Labute approximate surface area is 942 Å². The van der Waals surface area contributed by atoms with Gasteiger partial charge in [0, 0.05) is 199 Å². The Morgan fingerprint density at radius 1 is 0.439 bits per heavy atom. The van der Waals surface area contributed by atoms with Gasteiger partial charge in [0.2, 0.25) is 0 Å². The Morgan fingerprint density at radius 2 is 0.935 bits per heavy atom. The van der Waals surface area contributed by atoms with Crippen LogP contribution in [-0.2, 0) is 80.4 Å². The van der Waals surface area contributed by atoms with E-state index in [1.165, 1.54) is 44.3 Å². The molecule has 0 bridgehead atoms. The second-order valence-electron chi connectivity index (χ2n) is 29.6. The van der Waals surface area contributed by atoms with Crippen molar-refractivity contribution in [3.8, 4) is 45.0 Å². The number of aryl methyl sites for hydroxylation is 7. The number of benzene rings is 10. The maximum absolute atomic E-state index is 8.15. The molecule has 0 N–H and O–H groups in total. The van der Waals surface area contributed by atoms with E-state index >= 15 is 0 Å². The summed E-state index contributed by atoms with van der Waals surface area (Å²) >= 11 is 6.58. The van der Waals surface area contributed by atoms with Crippen molar-refractivity contribution in [3.05, 3.63) is 494 Å². The second-order valence-corrected chi connectivity index (χ2v) is 34.1. The molecule has 710 valence electrons. The number of thiophene rings is 3. The van der Waals surface area contributed by atoms with Crippen molar-refractivity contribution in [2.75, 3.05) is 0 Å². The molecule has 20 aromatic rings. The average Bonchev–Trinajstić information content (AvgIpc) is 1.64. The van der Waals surface area contributed by atoms with Gasteiger partial charge in [0.1, 0.15) is 0 Å². The van der Waals surface area contributed by atoms with E-state index in [0.29, 0.717) is 46.2 Å². The molecule has 139 heavy (non-hydrogen) atoms.